The molecule has 7 heteroatoms. The third-order valence-electron chi connectivity index (χ3n) is 3.18. The van der Waals surface area contributed by atoms with Crippen LogP contribution in [0, 0.1) is 0 Å². The van der Waals surface area contributed by atoms with Crippen LogP contribution in [0.5, 0.6) is 11.5 Å². The number of nitrogens with zero attached hydrogens (tertiary/aromatic N) is 4. The number of rotatable bonds is 4. The molecular formula is C12H15N5O2. The van der Waals surface area contributed by atoms with Crippen LogP contribution in [0.3, 0.4) is 0 Å². The number of aromatic nitrogens is 4. The van der Waals surface area contributed by atoms with Gasteiger partial charge in [-0.2, -0.15) is 0 Å². The molecule has 19 heavy (non-hydrogen) atoms. The van der Waals surface area contributed by atoms with Gasteiger partial charge in [-0.1, -0.05) is 0 Å². The third-order valence-corrected chi connectivity index (χ3v) is 3.18. The van der Waals surface area contributed by atoms with Crippen molar-refractivity contribution >= 4 is 5.69 Å². The molecule has 0 amide bonds. The van der Waals surface area contributed by atoms with Crippen molar-refractivity contribution in [3.8, 4) is 22.9 Å². The molecule has 0 bridgehead atoms. The molecule has 1 aliphatic carbocycles. The Morgan fingerprint density at radius 3 is 2.53 bits per heavy atom. The van der Waals surface area contributed by atoms with Crippen molar-refractivity contribution in [3.05, 3.63) is 12.1 Å². The van der Waals surface area contributed by atoms with Crippen LogP contribution >= 0.6 is 0 Å². The number of nitrogen functional groups attached to an aromatic ring is 1. The molecule has 1 saturated carbocycles. The molecule has 1 heterocycles. The molecule has 1 aromatic heterocycles. The maximum Gasteiger partial charge on any atom is 0.184 e. The van der Waals surface area contributed by atoms with Crippen LogP contribution in [0.15, 0.2) is 12.1 Å². The summed E-state index contributed by atoms with van der Waals surface area (Å²) < 4.78 is 12.3. The number of tetrazole rings is 1. The van der Waals surface area contributed by atoms with Gasteiger partial charge in [0, 0.05) is 17.3 Å². The smallest absolute Gasteiger partial charge is 0.184 e. The van der Waals surface area contributed by atoms with E-state index in [2.05, 4.69) is 15.5 Å². The highest BCUT2D eigenvalue weighted by atomic mass is 16.5. The van der Waals surface area contributed by atoms with E-state index in [1.165, 1.54) is 0 Å². The van der Waals surface area contributed by atoms with Gasteiger partial charge in [-0.15, -0.1) is 5.10 Å². The van der Waals surface area contributed by atoms with E-state index in [0.717, 1.165) is 18.4 Å². The van der Waals surface area contributed by atoms with Crippen LogP contribution in [0.4, 0.5) is 5.69 Å². The fraction of sp³-hybridized carbons (Fsp3) is 0.417. The van der Waals surface area contributed by atoms with Crippen LogP contribution in [0.25, 0.3) is 11.4 Å². The Balaban J connectivity index is 2.11. The highest BCUT2D eigenvalue weighted by molar-refractivity contribution is 5.76. The van der Waals surface area contributed by atoms with Gasteiger partial charge in [-0.3, -0.25) is 0 Å². The van der Waals surface area contributed by atoms with Crippen molar-refractivity contribution in [2.75, 3.05) is 20.0 Å². The van der Waals surface area contributed by atoms with Gasteiger partial charge in [0.05, 0.1) is 20.3 Å². The summed E-state index contributed by atoms with van der Waals surface area (Å²) in [5.74, 6) is 1.87. The molecule has 100 valence electrons. The molecule has 1 aromatic carbocycles. The number of ether oxygens (including phenoxy) is 2. The highest BCUT2D eigenvalue weighted by Gasteiger charge is 2.29. The summed E-state index contributed by atoms with van der Waals surface area (Å²) in [4.78, 5) is 0. The third kappa shape index (κ3) is 1.96. The molecule has 0 saturated heterocycles. The maximum absolute atomic E-state index is 6.06. The van der Waals surface area contributed by atoms with E-state index in [1.54, 1.807) is 26.4 Å². The molecule has 1 aliphatic rings. The Labute approximate surface area is 110 Å². The average Bonchev–Trinajstić information content (AvgIpc) is 3.16. The molecule has 1 fully saturated rings. The summed E-state index contributed by atoms with van der Waals surface area (Å²) in [6.45, 7) is 0. The normalized spacial score (nSPS) is 14.4. The summed E-state index contributed by atoms with van der Waals surface area (Å²) >= 11 is 0. The van der Waals surface area contributed by atoms with E-state index in [4.69, 9.17) is 15.2 Å². The first-order valence-corrected chi connectivity index (χ1v) is 6.04. The van der Waals surface area contributed by atoms with E-state index >= 15 is 0 Å². The lowest BCUT2D eigenvalue weighted by Gasteiger charge is -2.12. The van der Waals surface area contributed by atoms with Crippen molar-refractivity contribution in [3.63, 3.8) is 0 Å². The summed E-state index contributed by atoms with van der Waals surface area (Å²) in [7, 11) is 3.16. The summed E-state index contributed by atoms with van der Waals surface area (Å²) in [5.41, 5.74) is 7.38. The quantitative estimate of drug-likeness (QED) is 0.834. The van der Waals surface area contributed by atoms with Gasteiger partial charge in [0.15, 0.2) is 17.3 Å². The largest absolute Gasteiger partial charge is 0.493 e. The molecule has 0 radical (unpaired) electrons. The first-order chi connectivity index (χ1) is 9.24. The number of methoxy groups -OCH3 is 2. The highest BCUT2D eigenvalue weighted by Crippen LogP contribution is 2.40. The van der Waals surface area contributed by atoms with Crippen LogP contribution in [-0.4, -0.2) is 34.4 Å². The fourth-order valence-corrected chi connectivity index (χ4v) is 2.02. The standard InChI is InChI=1S/C12H15N5O2/c1-18-10-5-8(9(13)6-11(10)19-2)12-14-15-16-17(12)7-3-4-7/h5-7H,3-4,13H2,1-2H3. The average molecular weight is 261 g/mol. The second-order valence-corrected chi connectivity index (χ2v) is 4.47. The molecule has 2 N–H and O–H groups in total. The monoisotopic (exact) mass is 261 g/mol. The summed E-state index contributed by atoms with van der Waals surface area (Å²) in [6, 6.07) is 3.91. The molecule has 3 rings (SSSR count). The second kappa shape index (κ2) is 4.42. The predicted molar refractivity (Wildman–Crippen MR) is 69.0 cm³/mol. The van der Waals surface area contributed by atoms with E-state index < -0.39 is 0 Å². The SMILES string of the molecule is COc1cc(N)c(-c2nnnn2C2CC2)cc1OC. The Hall–Kier alpha value is -2.31. The van der Waals surface area contributed by atoms with Gasteiger partial charge >= 0.3 is 0 Å². The lowest BCUT2D eigenvalue weighted by Crippen LogP contribution is -2.03. The van der Waals surface area contributed by atoms with Crippen LogP contribution in [0.2, 0.25) is 0 Å². The number of benzene rings is 1. The van der Waals surface area contributed by atoms with Crippen molar-refractivity contribution < 1.29 is 9.47 Å². The van der Waals surface area contributed by atoms with Crippen LogP contribution in [0.1, 0.15) is 18.9 Å². The van der Waals surface area contributed by atoms with E-state index in [-0.39, 0.29) is 0 Å². The van der Waals surface area contributed by atoms with Crippen molar-refractivity contribution in [2.24, 2.45) is 0 Å². The van der Waals surface area contributed by atoms with Gasteiger partial charge < -0.3 is 15.2 Å². The van der Waals surface area contributed by atoms with Crippen molar-refractivity contribution in [1.82, 2.24) is 20.2 Å². The van der Waals surface area contributed by atoms with Crippen molar-refractivity contribution in [1.29, 1.82) is 0 Å². The van der Waals surface area contributed by atoms with Crippen molar-refractivity contribution in [2.45, 2.75) is 18.9 Å². The molecule has 2 aromatic rings. The Bertz CT molecular complexity index is 606. The lowest BCUT2D eigenvalue weighted by molar-refractivity contribution is 0.355. The van der Waals surface area contributed by atoms with Gasteiger partial charge in [0.2, 0.25) is 0 Å². The molecule has 0 unspecified atom stereocenters. The zero-order valence-corrected chi connectivity index (χ0v) is 10.8. The first kappa shape index (κ1) is 11.8. The number of anilines is 1. The van der Waals surface area contributed by atoms with E-state index in [9.17, 15) is 0 Å². The topological polar surface area (TPSA) is 88.1 Å². The zero-order valence-electron chi connectivity index (χ0n) is 10.8. The Morgan fingerprint density at radius 1 is 1.21 bits per heavy atom. The summed E-state index contributed by atoms with van der Waals surface area (Å²) in [5, 5.41) is 11.8. The van der Waals surface area contributed by atoms with Gasteiger partial charge in [-0.25, -0.2) is 4.68 Å². The van der Waals surface area contributed by atoms with E-state index in [0.29, 0.717) is 29.1 Å². The Kier molecular flexibility index (Phi) is 2.73. The minimum Gasteiger partial charge on any atom is -0.493 e. The Morgan fingerprint density at radius 2 is 1.89 bits per heavy atom. The van der Waals surface area contributed by atoms with Crippen LogP contribution in [-0.2, 0) is 0 Å². The van der Waals surface area contributed by atoms with E-state index in [1.807, 2.05) is 4.68 Å². The lowest BCUT2D eigenvalue weighted by atomic mass is 10.1. The summed E-state index contributed by atoms with van der Waals surface area (Å²) in [6.07, 6.45) is 2.20. The molecular weight excluding hydrogens is 246 g/mol. The minimum absolute atomic E-state index is 0.387. The second-order valence-electron chi connectivity index (χ2n) is 4.47. The fourth-order valence-electron chi connectivity index (χ4n) is 2.02. The molecule has 7 nitrogen and oxygen atoms in total. The molecule has 0 spiro atoms. The number of hydrogen-bond donors (Lipinski definition) is 1. The number of nitrogens with two attached hydrogens (primary N) is 1. The van der Waals surface area contributed by atoms with Gasteiger partial charge in [0.25, 0.3) is 0 Å². The minimum atomic E-state index is 0.387. The van der Waals surface area contributed by atoms with Gasteiger partial charge in [0.1, 0.15) is 0 Å². The zero-order chi connectivity index (χ0) is 13.4. The first-order valence-electron chi connectivity index (χ1n) is 6.04. The predicted octanol–water partition coefficient (Wildman–Crippen LogP) is 1.27. The molecule has 0 atom stereocenters. The molecule has 0 aliphatic heterocycles. The van der Waals surface area contributed by atoms with Gasteiger partial charge in [-0.05, 0) is 29.3 Å². The van der Waals surface area contributed by atoms with Crippen LogP contribution < -0.4 is 15.2 Å². The number of hydrogen-bond acceptors (Lipinski definition) is 6. The maximum atomic E-state index is 6.06.